The minimum absolute atomic E-state index is 0. The fourth-order valence-corrected chi connectivity index (χ4v) is 2.66. The average molecular weight is 306 g/mol. The second-order valence-electron chi connectivity index (χ2n) is 5.27. The number of nitrogens with zero attached hydrogens (tertiary/aromatic N) is 1. The summed E-state index contributed by atoms with van der Waals surface area (Å²) < 4.78 is 4.96. The van der Waals surface area contributed by atoms with Gasteiger partial charge >= 0.3 is 0 Å². The Labute approximate surface area is 126 Å². The van der Waals surface area contributed by atoms with Crippen LogP contribution in [0.4, 0.5) is 0 Å². The number of hydrogen-bond donors (Lipinski definition) is 2. The van der Waals surface area contributed by atoms with Gasteiger partial charge in [-0.3, -0.25) is 9.59 Å². The molecule has 20 heavy (non-hydrogen) atoms. The molecule has 2 atom stereocenters. The molecule has 2 heterocycles. The molecular weight excluding hydrogens is 282 g/mol. The first-order valence-electron chi connectivity index (χ1n) is 6.98. The van der Waals surface area contributed by atoms with Crippen LogP contribution in [0.1, 0.15) is 19.3 Å². The van der Waals surface area contributed by atoms with E-state index in [1.807, 2.05) is 0 Å². The van der Waals surface area contributed by atoms with Crippen molar-refractivity contribution in [2.45, 2.75) is 25.3 Å². The van der Waals surface area contributed by atoms with E-state index in [1.165, 1.54) is 6.42 Å². The number of amides is 2. The van der Waals surface area contributed by atoms with Crippen molar-refractivity contribution in [3.05, 3.63) is 0 Å². The van der Waals surface area contributed by atoms with Crippen LogP contribution in [0.5, 0.6) is 0 Å². The minimum Gasteiger partial charge on any atom is -0.383 e. The van der Waals surface area contributed by atoms with E-state index in [9.17, 15) is 9.59 Å². The normalized spacial score (nSPS) is 25.6. The average Bonchev–Trinajstić information content (AvgIpc) is 3.03. The SMILES string of the molecule is COCCN1CC(C(=O)NCC2CCCN2)CC1=O.Cl. The number of likely N-dealkylation sites (tertiary alicyclic amines) is 1. The number of rotatable bonds is 6. The molecule has 2 fully saturated rings. The Balaban J connectivity index is 0.00000200. The zero-order valence-electron chi connectivity index (χ0n) is 11.9. The van der Waals surface area contributed by atoms with E-state index < -0.39 is 0 Å². The van der Waals surface area contributed by atoms with Gasteiger partial charge in [-0.2, -0.15) is 0 Å². The number of carbonyl (C=O) groups excluding carboxylic acids is 2. The molecule has 2 unspecified atom stereocenters. The number of methoxy groups -OCH3 is 1. The predicted molar refractivity (Wildman–Crippen MR) is 77.8 cm³/mol. The fraction of sp³-hybridized carbons (Fsp3) is 0.846. The smallest absolute Gasteiger partial charge is 0.225 e. The molecule has 0 radical (unpaired) electrons. The molecule has 0 bridgehead atoms. The van der Waals surface area contributed by atoms with Crippen LogP contribution in [0.25, 0.3) is 0 Å². The zero-order valence-corrected chi connectivity index (χ0v) is 12.7. The van der Waals surface area contributed by atoms with Crippen molar-refractivity contribution >= 4 is 24.2 Å². The molecule has 2 rings (SSSR count). The van der Waals surface area contributed by atoms with E-state index in [0.717, 1.165) is 13.0 Å². The Morgan fingerprint density at radius 2 is 2.35 bits per heavy atom. The highest BCUT2D eigenvalue weighted by Crippen LogP contribution is 2.17. The summed E-state index contributed by atoms with van der Waals surface area (Å²) in [7, 11) is 1.61. The summed E-state index contributed by atoms with van der Waals surface area (Å²) in [6.07, 6.45) is 2.62. The Bertz CT molecular complexity index is 335. The van der Waals surface area contributed by atoms with Crippen LogP contribution in [0.2, 0.25) is 0 Å². The van der Waals surface area contributed by atoms with Gasteiger partial charge in [-0.05, 0) is 19.4 Å². The van der Waals surface area contributed by atoms with Crippen LogP contribution in [-0.4, -0.2) is 62.7 Å². The predicted octanol–water partition coefficient (Wildman–Crippen LogP) is -0.229. The summed E-state index contributed by atoms with van der Waals surface area (Å²) in [4.78, 5) is 25.5. The van der Waals surface area contributed by atoms with Crippen molar-refractivity contribution in [3.63, 3.8) is 0 Å². The van der Waals surface area contributed by atoms with Crippen LogP contribution in [0.15, 0.2) is 0 Å². The third-order valence-electron chi connectivity index (χ3n) is 3.84. The molecule has 0 saturated carbocycles. The van der Waals surface area contributed by atoms with Crippen molar-refractivity contribution in [2.75, 3.05) is 39.9 Å². The van der Waals surface area contributed by atoms with Gasteiger partial charge in [-0.25, -0.2) is 0 Å². The number of halogens is 1. The second kappa shape index (κ2) is 8.44. The van der Waals surface area contributed by atoms with Crippen molar-refractivity contribution in [1.82, 2.24) is 15.5 Å². The van der Waals surface area contributed by atoms with E-state index in [4.69, 9.17) is 4.74 Å². The van der Waals surface area contributed by atoms with Gasteiger partial charge in [0.05, 0.1) is 12.5 Å². The molecule has 0 spiro atoms. The molecule has 0 aliphatic carbocycles. The number of nitrogens with one attached hydrogen (secondary N) is 2. The molecule has 2 aliphatic rings. The summed E-state index contributed by atoms with van der Waals surface area (Å²) >= 11 is 0. The first-order chi connectivity index (χ1) is 9.20. The summed E-state index contributed by atoms with van der Waals surface area (Å²) in [5, 5.41) is 6.29. The molecule has 2 aliphatic heterocycles. The van der Waals surface area contributed by atoms with Crippen LogP contribution in [-0.2, 0) is 14.3 Å². The molecular formula is C13H24ClN3O3. The maximum atomic E-state index is 12.0. The maximum Gasteiger partial charge on any atom is 0.225 e. The van der Waals surface area contributed by atoms with Gasteiger partial charge in [-0.15, -0.1) is 12.4 Å². The van der Waals surface area contributed by atoms with Crippen molar-refractivity contribution in [2.24, 2.45) is 5.92 Å². The van der Waals surface area contributed by atoms with E-state index >= 15 is 0 Å². The number of carbonyl (C=O) groups is 2. The van der Waals surface area contributed by atoms with Gasteiger partial charge in [0.2, 0.25) is 11.8 Å². The van der Waals surface area contributed by atoms with Gasteiger partial charge < -0.3 is 20.3 Å². The highest BCUT2D eigenvalue weighted by Gasteiger charge is 2.34. The van der Waals surface area contributed by atoms with Gasteiger partial charge in [-0.1, -0.05) is 0 Å². The second-order valence-corrected chi connectivity index (χ2v) is 5.27. The highest BCUT2D eigenvalue weighted by molar-refractivity contribution is 5.89. The fourth-order valence-electron chi connectivity index (χ4n) is 2.66. The molecule has 116 valence electrons. The van der Waals surface area contributed by atoms with E-state index in [1.54, 1.807) is 12.0 Å². The molecule has 6 nitrogen and oxygen atoms in total. The topological polar surface area (TPSA) is 70.7 Å². The quantitative estimate of drug-likeness (QED) is 0.711. The Kier molecular flexibility index (Phi) is 7.26. The van der Waals surface area contributed by atoms with Crippen molar-refractivity contribution < 1.29 is 14.3 Å². The maximum absolute atomic E-state index is 12.0. The number of ether oxygens (including phenoxy) is 1. The minimum atomic E-state index is -0.203. The molecule has 0 aromatic heterocycles. The first-order valence-corrected chi connectivity index (χ1v) is 6.98. The van der Waals surface area contributed by atoms with Crippen molar-refractivity contribution in [1.29, 1.82) is 0 Å². The summed E-state index contributed by atoms with van der Waals surface area (Å²) in [6.45, 7) is 3.32. The van der Waals surface area contributed by atoms with E-state index in [0.29, 0.717) is 38.7 Å². The van der Waals surface area contributed by atoms with Gasteiger partial charge in [0, 0.05) is 39.2 Å². The molecule has 2 saturated heterocycles. The zero-order chi connectivity index (χ0) is 13.7. The lowest BCUT2D eigenvalue weighted by Crippen LogP contribution is -2.40. The summed E-state index contributed by atoms with van der Waals surface area (Å²) in [5.74, 6) is -0.149. The Morgan fingerprint density at radius 1 is 1.55 bits per heavy atom. The summed E-state index contributed by atoms with van der Waals surface area (Å²) in [5.41, 5.74) is 0. The molecule has 2 amide bonds. The molecule has 0 aromatic rings. The van der Waals surface area contributed by atoms with Gasteiger partial charge in [0.15, 0.2) is 0 Å². The third-order valence-corrected chi connectivity index (χ3v) is 3.84. The lowest BCUT2D eigenvalue weighted by molar-refractivity contribution is -0.129. The van der Waals surface area contributed by atoms with Crippen LogP contribution >= 0.6 is 12.4 Å². The van der Waals surface area contributed by atoms with Crippen LogP contribution < -0.4 is 10.6 Å². The first kappa shape index (κ1) is 17.2. The lowest BCUT2D eigenvalue weighted by Gasteiger charge is -2.16. The highest BCUT2D eigenvalue weighted by atomic mass is 35.5. The molecule has 0 aromatic carbocycles. The third kappa shape index (κ3) is 4.61. The van der Waals surface area contributed by atoms with Crippen LogP contribution in [0, 0.1) is 5.92 Å². The van der Waals surface area contributed by atoms with Gasteiger partial charge in [0.25, 0.3) is 0 Å². The Morgan fingerprint density at radius 3 is 3.00 bits per heavy atom. The molecule has 2 N–H and O–H groups in total. The van der Waals surface area contributed by atoms with E-state index in [2.05, 4.69) is 10.6 Å². The monoisotopic (exact) mass is 305 g/mol. The molecule has 7 heteroatoms. The number of hydrogen-bond acceptors (Lipinski definition) is 4. The standard InChI is InChI=1S/C13H23N3O3.ClH/c1-19-6-5-16-9-10(7-12(16)17)13(18)15-8-11-3-2-4-14-11;/h10-11,14H,2-9H2,1H3,(H,15,18);1H. The Hall–Kier alpha value is -0.850. The lowest BCUT2D eigenvalue weighted by atomic mass is 10.1. The van der Waals surface area contributed by atoms with Crippen molar-refractivity contribution in [3.8, 4) is 0 Å². The van der Waals surface area contributed by atoms with Crippen LogP contribution in [0.3, 0.4) is 0 Å². The van der Waals surface area contributed by atoms with Gasteiger partial charge in [0.1, 0.15) is 0 Å². The summed E-state index contributed by atoms with van der Waals surface area (Å²) in [6, 6.07) is 0.394. The largest absolute Gasteiger partial charge is 0.383 e. The van der Waals surface area contributed by atoms with E-state index in [-0.39, 0.29) is 30.1 Å².